The van der Waals surface area contributed by atoms with Crippen LogP contribution >= 0.6 is 0 Å². The lowest BCUT2D eigenvalue weighted by Gasteiger charge is -2.41. The number of nitrogens with one attached hydrogen (secondary N) is 1. The van der Waals surface area contributed by atoms with Gasteiger partial charge in [0.2, 0.25) is 0 Å². The van der Waals surface area contributed by atoms with Crippen LogP contribution < -0.4 is 5.32 Å². The summed E-state index contributed by atoms with van der Waals surface area (Å²) < 4.78 is 5.92. The van der Waals surface area contributed by atoms with Crippen LogP contribution in [0.25, 0.3) is 0 Å². The molecule has 0 spiro atoms. The Morgan fingerprint density at radius 3 is 2.00 bits per heavy atom. The zero-order valence-electron chi connectivity index (χ0n) is 15.9. The summed E-state index contributed by atoms with van der Waals surface area (Å²) in [4.78, 5) is 2.75. The van der Waals surface area contributed by atoms with Gasteiger partial charge in [0.05, 0.1) is 6.10 Å². The third-order valence-corrected chi connectivity index (χ3v) is 7.20. The topological polar surface area (TPSA) is 44.7 Å². The van der Waals surface area contributed by atoms with Crippen molar-refractivity contribution in [2.24, 2.45) is 11.8 Å². The lowest BCUT2D eigenvalue weighted by Crippen LogP contribution is -2.51. The molecule has 2 atom stereocenters. The van der Waals surface area contributed by atoms with Crippen molar-refractivity contribution in [1.82, 2.24) is 10.2 Å². The van der Waals surface area contributed by atoms with Gasteiger partial charge in [0.15, 0.2) is 0 Å². The van der Waals surface area contributed by atoms with Crippen molar-refractivity contribution >= 4 is 0 Å². The van der Waals surface area contributed by atoms with Crippen molar-refractivity contribution in [1.29, 1.82) is 0 Å². The third kappa shape index (κ3) is 5.18. The SMILES string of the molecule is O[C@@H]1CCC[C@H]1NC1CCN(C2CCC(COCC3CC3)CC2)CC1. The maximum atomic E-state index is 10.0. The third-order valence-electron chi connectivity index (χ3n) is 7.20. The van der Waals surface area contributed by atoms with Crippen molar-refractivity contribution in [3.8, 4) is 0 Å². The first-order valence-electron chi connectivity index (χ1n) is 11.0. The van der Waals surface area contributed by atoms with Crippen molar-refractivity contribution in [2.75, 3.05) is 26.3 Å². The van der Waals surface area contributed by atoms with E-state index < -0.39 is 0 Å². The molecule has 2 N–H and O–H groups in total. The van der Waals surface area contributed by atoms with Crippen LogP contribution in [0.4, 0.5) is 0 Å². The zero-order valence-corrected chi connectivity index (χ0v) is 15.9. The summed E-state index contributed by atoms with van der Waals surface area (Å²) >= 11 is 0. The standard InChI is InChI=1S/C21H38N2O2/c24-21-3-1-2-20(21)22-18-10-12-23(13-11-18)19-8-6-17(7-9-19)15-25-14-16-4-5-16/h16-22,24H,1-15H2/t17?,19?,20-,21-/m1/s1. The van der Waals surface area contributed by atoms with E-state index >= 15 is 0 Å². The molecule has 4 aliphatic rings. The fourth-order valence-electron chi connectivity index (χ4n) is 5.23. The van der Waals surface area contributed by atoms with E-state index in [0.717, 1.165) is 43.9 Å². The normalized spacial score (nSPS) is 38.3. The Labute approximate surface area is 153 Å². The first kappa shape index (κ1) is 18.2. The van der Waals surface area contributed by atoms with Crippen LogP contribution in [-0.2, 0) is 4.74 Å². The number of piperidine rings is 1. The lowest BCUT2D eigenvalue weighted by atomic mass is 9.85. The lowest BCUT2D eigenvalue weighted by molar-refractivity contribution is 0.0496. The molecule has 144 valence electrons. The van der Waals surface area contributed by atoms with Crippen molar-refractivity contribution in [2.45, 2.75) is 94.9 Å². The maximum absolute atomic E-state index is 10.0. The summed E-state index contributed by atoms with van der Waals surface area (Å²) in [5, 5.41) is 13.8. The van der Waals surface area contributed by atoms with Gasteiger partial charge in [-0.3, -0.25) is 0 Å². The first-order chi connectivity index (χ1) is 12.3. The van der Waals surface area contributed by atoms with Gasteiger partial charge in [0.25, 0.3) is 0 Å². The molecule has 4 rings (SSSR count). The predicted octanol–water partition coefficient (Wildman–Crippen LogP) is 2.94. The molecule has 25 heavy (non-hydrogen) atoms. The highest BCUT2D eigenvalue weighted by atomic mass is 16.5. The molecule has 0 radical (unpaired) electrons. The van der Waals surface area contributed by atoms with Crippen molar-refractivity contribution in [3.63, 3.8) is 0 Å². The van der Waals surface area contributed by atoms with E-state index in [1.165, 1.54) is 70.9 Å². The molecule has 3 saturated carbocycles. The minimum Gasteiger partial charge on any atom is -0.392 e. The molecule has 4 heteroatoms. The highest BCUT2D eigenvalue weighted by Crippen LogP contribution is 2.32. The van der Waals surface area contributed by atoms with Gasteiger partial charge in [-0.25, -0.2) is 0 Å². The molecule has 1 aliphatic heterocycles. The van der Waals surface area contributed by atoms with Gasteiger partial charge in [-0.05, 0) is 95.6 Å². The Morgan fingerprint density at radius 2 is 1.44 bits per heavy atom. The largest absolute Gasteiger partial charge is 0.392 e. The molecule has 0 amide bonds. The monoisotopic (exact) mass is 350 g/mol. The number of ether oxygens (including phenoxy) is 1. The van der Waals surface area contributed by atoms with Crippen LogP contribution in [0.3, 0.4) is 0 Å². The predicted molar refractivity (Wildman–Crippen MR) is 101 cm³/mol. The smallest absolute Gasteiger partial charge is 0.0693 e. The molecule has 1 saturated heterocycles. The molecule has 3 aliphatic carbocycles. The second kappa shape index (κ2) is 8.69. The van der Waals surface area contributed by atoms with Gasteiger partial charge in [-0.15, -0.1) is 0 Å². The average Bonchev–Trinajstić information content (AvgIpc) is 3.38. The Balaban J connectivity index is 1.11. The molecule has 4 nitrogen and oxygen atoms in total. The summed E-state index contributed by atoms with van der Waals surface area (Å²) in [5.74, 6) is 1.72. The summed E-state index contributed by atoms with van der Waals surface area (Å²) in [6, 6.07) is 1.81. The van der Waals surface area contributed by atoms with E-state index in [-0.39, 0.29) is 6.10 Å². The second-order valence-electron chi connectivity index (χ2n) is 9.24. The van der Waals surface area contributed by atoms with Crippen LogP contribution in [0, 0.1) is 11.8 Å². The van der Waals surface area contributed by atoms with E-state index in [1.54, 1.807) is 0 Å². The number of likely N-dealkylation sites (tertiary alicyclic amines) is 1. The zero-order chi connectivity index (χ0) is 17.1. The van der Waals surface area contributed by atoms with Gasteiger partial charge < -0.3 is 20.1 Å². The van der Waals surface area contributed by atoms with Crippen LogP contribution in [0.1, 0.15) is 70.6 Å². The molecule has 0 aromatic heterocycles. The van der Waals surface area contributed by atoms with E-state index in [0.29, 0.717) is 12.1 Å². The van der Waals surface area contributed by atoms with E-state index in [4.69, 9.17) is 4.74 Å². The number of aliphatic hydroxyl groups is 1. The molecule has 0 bridgehead atoms. The summed E-state index contributed by atoms with van der Waals surface area (Å²) in [6.45, 7) is 4.52. The number of aliphatic hydroxyl groups excluding tert-OH is 1. The van der Waals surface area contributed by atoms with Gasteiger partial charge in [-0.2, -0.15) is 0 Å². The fourth-order valence-corrected chi connectivity index (χ4v) is 5.23. The van der Waals surface area contributed by atoms with Gasteiger partial charge >= 0.3 is 0 Å². The molecule has 0 aromatic rings. The Kier molecular flexibility index (Phi) is 6.33. The molecular formula is C21H38N2O2. The average molecular weight is 351 g/mol. The minimum absolute atomic E-state index is 0.101. The minimum atomic E-state index is -0.101. The number of nitrogens with zero attached hydrogens (tertiary/aromatic N) is 1. The number of rotatable bonds is 7. The Bertz CT molecular complexity index is 399. The van der Waals surface area contributed by atoms with Gasteiger partial charge in [0, 0.05) is 31.3 Å². The number of hydrogen-bond donors (Lipinski definition) is 2. The Morgan fingerprint density at radius 1 is 0.800 bits per heavy atom. The van der Waals surface area contributed by atoms with Gasteiger partial charge in [-0.1, -0.05) is 0 Å². The highest BCUT2D eigenvalue weighted by molar-refractivity contribution is 4.89. The molecule has 1 heterocycles. The van der Waals surface area contributed by atoms with E-state index in [2.05, 4.69) is 10.2 Å². The summed E-state index contributed by atoms with van der Waals surface area (Å²) in [6.07, 6.45) is 14.0. The maximum Gasteiger partial charge on any atom is 0.0693 e. The van der Waals surface area contributed by atoms with Crippen molar-refractivity contribution < 1.29 is 9.84 Å². The molecular weight excluding hydrogens is 312 g/mol. The van der Waals surface area contributed by atoms with Crippen molar-refractivity contribution in [3.05, 3.63) is 0 Å². The molecule has 0 unspecified atom stereocenters. The molecule has 0 aromatic carbocycles. The second-order valence-corrected chi connectivity index (χ2v) is 9.24. The Hall–Kier alpha value is -0.160. The van der Waals surface area contributed by atoms with Crippen LogP contribution in [0.5, 0.6) is 0 Å². The summed E-state index contributed by atoms with van der Waals surface area (Å²) in [5.41, 5.74) is 0. The van der Waals surface area contributed by atoms with Crippen LogP contribution in [0.2, 0.25) is 0 Å². The fraction of sp³-hybridized carbons (Fsp3) is 1.00. The van der Waals surface area contributed by atoms with E-state index in [9.17, 15) is 5.11 Å². The number of hydrogen-bond acceptors (Lipinski definition) is 4. The highest BCUT2D eigenvalue weighted by Gasteiger charge is 2.32. The van der Waals surface area contributed by atoms with Gasteiger partial charge in [0.1, 0.15) is 0 Å². The first-order valence-corrected chi connectivity index (χ1v) is 11.0. The van der Waals surface area contributed by atoms with E-state index in [1.807, 2.05) is 0 Å². The van der Waals surface area contributed by atoms with Crippen LogP contribution in [-0.4, -0.2) is 60.5 Å². The molecule has 4 fully saturated rings. The quantitative estimate of drug-likeness (QED) is 0.741. The summed E-state index contributed by atoms with van der Waals surface area (Å²) in [7, 11) is 0. The van der Waals surface area contributed by atoms with Crippen LogP contribution in [0.15, 0.2) is 0 Å².